The zero-order valence-corrected chi connectivity index (χ0v) is 8.89. The second-order valence-electron chi connectivity index (χ2n) is 3.63. The lowest BCUT2D eigenvalue weighted by Gasteiger charge is -2.13. The SMILES string of the molecule is CCCNCC(C)c1ccccc1F. The van der Waals surface area contributed by atoms with E-state index in [4.69, 9.17) is 0 Å². The Morgan fingerprint density at radius 1 is 1.36 bits per heavy atom. The highest BCUT2D eigenvalue weighted by Crippen LogP contribution is 2.17. The summed E-state index contributed by atoms with van der Waals surface area (Å²) in [6.45, 7) is 6.01. The van der Waals surface area contributed by atoms with Crippen LogP contribution in [0.1, 0.15) is 31.7 Å². The van der Waals surface area contributed by atoms with Crippen LogP contribution in [0.5, 0.6) is 0 Å². The first-order valence-corrected chi connectivity index (χ1v) is 5.20. The molecule has 0 aliphatic heterocycles. The Kier molecular flexibility index (Phi) is 4.60. The number of benzene rings is 1. The molecule has 2 heteroatoms. The minimum atomic E-state index is -0.0988. The average Bonchev–Trinajstić information content (AvgIpc) is 2.18. The van der Waals surface area contributed by atoms with Gasteiger partial charge in [0.25, 0.3) is 0 Å². The third-order valence-corrected chi connectivity index (χ3v) is 2.31. The largest absolute Gasteiger partial charge is 0.316 e. The van der Waals surface area contributed by atoms with Crippen LogP contribution in [-0.2, 0) is 0 Å². The number of nitrogens with one attached hydrogen (secondary N) is 1. The quantitative estimate of drug-likeness (QED) is 0.712. The maximum absolute atomic E-state index is 13.3. The van der Waals surface area contributed by atoms with Gasteiger partial charge in [-0.1, -0.05) is 32.0 Å². The Labute approximate surface area is 85.3 Å². The van der Waals surface area contributed by atoms with Crippen LogP contribution in [0.4, 0.5) is 4.39 Å². The van der Waals surface area contributed by atoms with E-state index in [2.05, 4.69) is 12.2 Å². The minimum absolute atomic E-state index is 0.0988. The molecular weight excluding hydrogens is 177 g/mol. The lowest BCUT2D eigenvalue weighted by Crippen LogP contribution is -2.21. The maximum atomic E-state index is 13.3. The van der Waals surface area contributed by atoms with E-state index < -0.39 is 0 Å². The van der Waals surface area contributed by atoms with Crippen LogP contribution in [0.25, 0.3) is 0 Å². The second kappa shape index (κ2) is 5.76. The highest BCUT2D eigenvalue weighted by Gasteiger charge is 2.08. The van der Waals surface area contributed by atoms with Gasteiger partial charge in [-0.25, -0.2) is 4.39 Å². The van der Waals surface area contributed by atoms with Gasteiger partial charge in [0.1, 0.15) is 5.82 Å². The van der Waals surface area contributed by atoms with Crippen LogP contribution >= 0.6 is 0 Å². The van der Waals surface area contributed by atoms with Crippen LogP contribution in [0.3, 0.4) is 0 Å². The molecule has 1 atom stereocenters. The lowest BCUT2D eigenvalue weighted by atomic mass is 10.0. The van der Waals surface area contributed by atoms with E-state index in [1.54, 1.807) is 6.07 Å². The van der Waals surface area contributed by atoms with E-state index in [-0.39, 0.29) is 11.7 Å². The maximum Gasteiger partial charge on any atom is 0.126 e. The summed E-state index contributed by atoms with van der Waals surface area (Å²) in [5.74, 6) is 0.140. The first-order chi connectivity index (χ1) is 6.75. The van der Waals surface area contributed by atoms with Crippen molar-refractivity contribution in [2.45, 2.75) is 26.2 Å². The molecule has 0 saturated carbocycles. The molecule has 0 bridgehead atoms. The standard InChI is InChI=1S/C12H18FN/c1-3-8-14-9-10(2)11-6-4-5-7-12(11)13/h4-7,10,14H,3,8-9H2,1-2H3. The Morgan fingerprint density at radius 3 is 2.71 bits per heavy atom. The van der Waals surface area contributed by atoms with Gasteiger partial charge in [0.15, 0.2) is 0 Å². The van der Waals surface area contributed by atoms with Crippen LogP contribution in [0, 0.1) is 5.82 Å². The normalized spacial score (nSPS) is 12.8. The highest BCUT2D eigenvalue weighted by molar-refractivity contribution is 5.21. The molecule has 78 valence electrons. The van der Waals surface area contributed by atoms with Crippen LogP contribution in [0.15, 0.2) is 24.3 Å². The molecule has 0 aliphatic rings. The van der Waals surface area contributed by atoms with Crippen molar-refractivity contribution < 1.29 is 4.39 Å². The summed E-state index contributed by atoms with van der Waals surface area (Å²) in [5, 5.41) is 3.29. The minimum Gasteiger partial charge on any atom is -0.316 e. The van der Waals surface area contributed by atoms with Gasteiger partial charge in [0, 0.05) is 6.54 Å². The summed E-state index contributed by atoms with van der Waals surface area (Å²) in [5.41, 5.74) is 0.802. The van der Waals surface area contributed by atoms with Crippen molar-refractivity contribution in [2.24, 2.45) is 0 Å². The topological polar surface area (TPSA) is 12.0 Å². The Bertz CT molecular complexity index is 273. The monoisotopic (exact) mass is 195 g/mol. The molecule has 0 saturated heterocycles. The van der Waals surface area contributed by atoms with Gasteiger partial charge >= 0.3 is 0 Å². The van der Waals surface area contributed by atoms with Crippen molar-refractivity contribution >= 4 is 0 Å². The van der Waals surface area contributed by atoms with E-state index in [0.29, 0.717) is 0 Å². The molecule has 14 heavy (non-hydrogen) atoms. The van der Waals surface area contributed by atoms with Gasteiger partial charge in [0.05, 0.1) is 0 Å². The molecule has 1 aromatic carbocycles. The highest BCUT2D eigenvalue weighted by atomic mass is 19.1. The zero-order valence-electron chi connectivity index (χ0n) is 8.89. The molecule has 0 aromatic heterocycles. The van der Waals surface area contributed by atoms with Crippen molar-refractivity contribution in [3.63, 3.8) is 0 Å². The van der Waals surface area contributed by atoms with E-state index in [9.17, 15) is 4.39 Å². The third-order valence-electron chi connectivity index (χ3n) is 2.31. The number of hydrogen-bond donors (Lipinski definition) is 1. The van der Waals surface area contributed by atoms with Gasteiger partial charge in [0.2, 0.25) is 0 Å². The van der Waals surface area contributed by atoms with Crippen molar-refractivity contribution in [2.75, 3.05) is 13.1 Å². The van der Waals surface area contributed by atoms with Gasteiger partial charge < -0.3 is 5.32 Å². The van der Waals surface area contributed by atoms with Gasteiger partial charge in [-0.2, -0.15) is 0 Å². The van der Waals surface area contributed by atoms with Gasteiger partial charge in [-0.15, -0.1) is 0 Å². The second-order valence-corrected chi connectivity index (χ2v) is 3.63. The summed E-state index contributed by atoms with van der Waals surface area (Å²) in [6.07, 6.45) is 1.12. The predicted molar refractivity (Wildman–Crippen MR) is 58.0 cm³/mol. The molecular formula is C12H18FN. The van der Waals surface area contributed by atoms with Gasteiger partial charge in [-0.3, -0.25) is 0 Å². The van der Waals surface area contributed by atoms with E-state index in [1.165, 1.54) is 6.07 Å². The van der Waals surface area contributed by atoms with Crippen molar-refractivity contribution in [1.82, 2.24) is 5.32 Å². The van der Waals surface area contributed by atoms with E-state index in [1.807, 2.05) is 19.1 Å². The zero-order chi connectivity index (χ0) is 10.4. The van der Waals surface area contributed by atoms with Crippen molar-refractivity contribution in [1.29, 1.82) is 0 Å². The molecule has 0 radical (unpaired) electrons. The first kappa shape index (κ1) is 11.2. The van der Waals surface area contributed by atoms with Crippen molar-refractivity contribution in [3.05, 3.63) is 35.6 Å². The Hall–Kier alpha value is -0.890. The summed E-state index contributed by atoms with van der Waals surface area (Å²) < 4.78 is 13.3. The number of halogens is 1. The predicted octanol–water partition coefficient (Wildman–Crippen LogP) is 2.93. The van der Waals surface area contributed by atoms with Crippen LogP contribution in [0.2, 0.25) is 0 Å². The summed E-state index contributed by atoms with van der Waals surface area (Å²) in [7, 11) is 0. The lowest BCUT2D eigenvalue weighted by molar-refractivity contribution is 0.559. The molecule has 0 spiro atoms. The Morgan fingerprint density at radius 2 is 2.07 bits per heavy atom. The molecule has 0 amide bonds. The smallest absolute Gasteiger partial charge is 0.126 e. The molecule has 0 fully saturated rings. The fourth-order valence-electron chi connectivity index (χ4n) is 1.48. The molecule has 1 aromatic rings. The van der Waals surface area contributed by atoms with Gasteiger partial charge in [-0.05, 0) is 30.5 Å². The fourth-order valence-corrected chi connectivity index (χ4v) is 1.48. The molecule has 0 heterocycles. The summed E-state index contributed by atoms with van der Waals surface area (Å²) in [6, 6.07) is 6.99. The summed E-state index contributed by atoms with van der Waals surface area (Å²) >= 11 is 0. The first-order valence-electron chi connectivity index (χ1n) is 5.20. The average molecular weight is 195 g/mol. The molecule has 1 nitrogen and oxygen atoms in total. The van der Waals surface area contributed by atoms with E-state index in [0.717, 1.165) is 25.1 Å². The molecule has 1 rings (SSSR count). The number of hydrogen-bond acceptors (Lipinski definition) is 1. The molecule has 0 aliphatic carbocycles. The van der Waals surface area contributed by atoms with E-state index >= 15 is 0 Å². The molecule has 1 N–H and O–H groups in total. The fraction of sp³-hybridized carbons (Fsp3) is 0.500. The third kappa shape index (κ3) is 3.11. The molecule has 1 unspecified atom stereocenters. The van der Waals surface area contributed by atoms with Crippen molar-refractivity contribution in [3.8, 4) is 0 Å². The Balaban J connectivity index is 2.51. The van der Waals surface area contributed by atoms with Crippen LogP contribution in [-0.4, -0.2) is 13.1 Å². The number of rotatable bonds is 5. The summed E-state index contributed by atoms with van der Waals surface area (Å²) in [4.78, 5) is 0. The van der Waals surface area contributed by atoms with Crippen LogP contribution < -0.4 is 5.32 Å².